The van der Waals surface area contributed by atoms with Gasteiger partial charge < -0.3 is 9.84 Å². The Hall–Kier alpha value is -2.27. The van der Waals surface area contributed by atoms with Crippen LogP contribution in [-0.4, -0.2) is 15.1 Å². The number of pyridine rings is 1. The second-order valence-corrected chi connectivity index (χ2v) is 4.35. The number of nitrogens with zero attached hydrogens (tertiary/aromatic N) is 3. The van der Waals surface area contributed by atoms with Gasteiger partial charge in [-0.3, -0.25) is 4.98 Å². The van der Waals surface area contributed by atoms with E-state index in [2.05, 4.69) is 32.6 Å². The summed E-state index contributed by atoms with van der Waals surface area (Å²) in [7, 11) is 0. The standard InChI is InChI=1S/C14H14N4O/c1-10-17-14(18-19-10)9-16-8-12-7-15-6-11-4-2-3-5-13(11)12/h2-7,16H,8-9H2,1H3. The molecule has 19 heavy (non-hydrogen) atoms. The third-order valence-corrected chi connectivity index (χ3v) is 2.92. The molecule has 0 spiro atoms. The Bertz CT molecular complexity index is 687. The normalized spacial score (nSPS) is 11.0. The lowest BCUT2D eigenvalue weighted by atomic mass is 10.1. The minimum Gasteiger partial charge on any atom is -0.340 e. The quantitative estimate of drug-likeness (QED) is 0.773. The van der Waals surface area contributed by atoms with Gasteiger partial charge in [0.1, 0.15) is 0 Å². The van der Waals surface area contributed by atoms with Crippen LogP contribution in [0.3, 0.4) is 0 Å². The lowest BCUT2D eigenvalue weighted by Crippen LogP contribution is -2.14. The van der Waals surface area contributed by atoms with E-state index in [0.717, 1.165) is 11.9 Å². The largest absolute Gasteiger partial charge is 0.340 e. The molecule has 1 aromatic carbocycles. The molecule has 0 saturated carbocycles. The highest BCUT2D eigenvalue weighted by Gasteiger charge is 2.03. The number of hydrogen-bond acceptors (Lipinski definition) is 5. The van der Waals surface area contributed by atoms with Gasteiger partial charge in [-0.05, 0) is 10.9 Å². The van der Waals surface area contributed by atoms with Crippen LogP contribution in [0.25, 0.3) is 10.8 Å². The molecule has 0 fully saturated rings. The van der Waals surface area contributed by atoms with Crippen LogP contribution in [0.1, 0.15) is 17.3 Å². The molecule has 0 atom stereocenters. The number of nitrogens with one attached hydrogen (secondary N) is 1. The number of hydrogen-bond donors (Lipinski definition) is 1. The summed E-state index contributed by atoms with van der Waals surface area (Å²) in [5.41, 5.74) is 1.17. The molecule has 0 aliphatic carbocycles. The van der Waals surface area contributed by atoms with Crippen LogP contribution in [0, 0.1) is 6.92 Å². The van der Waals surface area contributed by atoms with Crippen molar-refractivity contribution in [2.45, 2.75) is 20.0 Å². The summed E-state index contributed by atoms with van der Waals surface area (Å²) in [6, 6.07) is 8.22. The van der Waals surface area contributed by atoms with Crippen molar-refractivity contribution >= 4 is 10.8 Å². The summed E-state index contributed by atoms with van der Waals surface area (Å²) in [6.07, 6.45) is 3.76. The van der Waals surface area contributed by atoms with Crippen molar-refractivity contribution < 1.29 is 4.52 Å². The van der Waals surface area contributed by atoms with E-state index in [0.29, 0.717) is 18.3 Å². The second-order valence-electron chi connectivity index (χ2n) is 4.35. The first-order valence-corrected chi connectivity index (χ1v) is 6.14. The average Bonchev–Trinajstić information content (AvgIpc) is 2.85. The fourth-order valence-corrected chi connectivity index (χ4v) is 2.04. The van der Waals surface area contributed by atoms with Crippen molar-refractivity contribution in [2.75, 3.05) is 0 Å². The summed E-state index contributed by atoms with van der Waals surface area (Å²) in [6.45, 7) is 3.09. The monoisotopic (exact) mass is 254 g/mol. The minimum atomic E-state index is 0.584. The molecule has 0 bridgehead atoms. The zero-order valence-corrected chi connectivity index (χ0v) is 10.6. The van der Waals surface area contributed by atoms with E-state index >= 15 is 0 Å². The molecule has 3 rings (SSSR count). The van der Waals surface area contributed by atoms with Crippen molar-refractivity contribution in [1.29, 1.82) is 0 Å². The van der Waals surface area contributed by atoms with Crippen LogP contribution in [0.5, 0.6) is 0 Å². The van der Waals surface area contributed by atoms with Crippen molar-refractivity contribution in [3.63, 3.8) is 0 Å². The molecular weight excluding hydrogens is 240 g/mol. The maximum absolute atomic E-state index is 4.92. The fourth-order valence-electron chi connectivity index (χ4n) is 2.04. The predicted molar refractivity (Wildman–Crippen MR) is 71.3 cm³/mol. The predicted octanol–water partition coefficient (Wildman–Crippen LogP) is 2.22. The zero-order valence-electron chi connectivity index (χ0n) is 10.6. The van der Waals surface area contributed by atoms with E-state index in [1.807, 2.05) is 24.5 Å². The Morgan fingerprint density at radius 2 is 2.05 bits per heavy atom. The van der Waals surface area contributed by atoms with E-state index in [4.69, 9.17) is 4.52 Å². The second kappa shape index (κ2) is 5.16. The highest BCUT2D eigenvalue weighted by atomic mass is 16.5. The van der Waals surface area contributed by atoms with E-state index in [1.54, 1.807) is 6.92 Å². The first-order valence-electron chi connectivity index (χ1n) is 6.14. The smallest absolute Gasteiger partial charge is 0.223 e. The van der Waals surface area contributed by atoms with Gasteiger partial charge in [0, 0.05) is 31.2 Å². The lowest BCUT2D eigenvalue weighted by molar-refractivity contribution is 0.385. The maximum Gasteiger partial charge on any atom is 0.223 e. The van der Waals surface area contributed by atoms with Gasteiger partial charge in [0.25, 0.3) is 0 Å². The van der Waals surface area contributed by atoms with E-state index in [-0.39, 0.29) is 0 Å². The van der Waals surface area contributed by atoms with Crippen molar-refractivity contribution in [1.82, 2.24) is 20.4 Å². The first-order chi connectivity index (χ1) is 9.33. The summed E-state index contributed by atoms with van der Waals surface area (Å²) in [4.78, 5) is 8.40. The van der Waals surface area contributed by atoms with Crippen LogP contribution in [0.15, 0.2) is 41.2 Å². The molecule has 1 N–H and O–H groups in total. The van der Waals surface area contributed by atoms with Gasteiger partial charge in [-0.15, -0.1) is 0 Å². The van der Waals surface area contributed by atoms with E-state index < -0.39 is 0 Å². The fraction of sp³-hybridized carbons (Fsp3) is 0.214. The molecule has 2 aromatic heterocycles. The summed E-state index contributed by atoms with van der Waals surface area (Å²) in [5.74, 6) is 1.26. The molecule has 0 saturated heterocycles. The number of rotatable bonds is 4. The number of aryl methyl sites for hydroxylation is 1. The Morgan fingerprint density at radius 1 is 1.16 bits per heavy atom. The van der Waals surface area contributed by atoms with Gasteiger partial charge in [-0.2, -0.15) is 4.98 Å². The number of benzene rings is 1. The number of fused-ring (bicyclic) bond motifs is 1. The van der Waals surface area contributed by atoms with E-state index in [1.165, 1.54) is 10.9 Å². The lowest BCUT2D eigenvalue weighted by Gasteiger charge is -2.06. The third kappa shape index (κ3) is 2.61. The first kappa shape index (κ1) is 11.8. The molecule has 2 heterocycles. The molecule has 96 valence electrons. The molecule has 5 heteroatoms. The van der Waals surface area contributed by atoms with Crippen molar-refractivity contribution in [2.24, 2.45) is 0 Å². The van der Waals surface area contributed by atoms with Crippen LogP contribution in [0.4, 0.5) is 0 Å². The summed E-state index contributed by atoms with van der Waals surface area (Å²) in [5, 5.41) is 9.51. The van der Waals surface area contributed by atoms with Crippen LogP contribution >= 0.6 is 0 Å². The summed E-state index contributed by atoms with van der Waals surface area (Å²) < 4.78 is 4.92. The molecule has 0 aliphatic heterocycles. The van der Waals surface area contributed by atoms with Gasteiger partial charge in [0.2, 0.25) is 5.89 Å². The molecular formula is C14H14N4O. The Morgan fingerprint density at radius 3 is 2.89 bits per heavy atom. The van der Waals surface area contributed by atoms with Gasteiger partial charge in [-0.25, -0.2) is 0 Å². The molecule has 0 aliphatic rings. The Balaban J connectivity index is 1.71. The molecule has 3 aromatic rings. The highest BCUT2D eigenvalue weighted by Crippen LogP contribution is 2.16. The molecule has 0 unspecified atom stereocenters. The van der Waals surface area contributed by atoms with Gasteiger partial charge in [-0.1, -0.05) is 29.4 Å². The number of aromatic nitrogens is 3. The zero-order chi connectivity index (χ0) is 13.1. The highest BCUT2D eigenvalue weighted by molar-refractivity contribution is 5.84. The topological polar surface area (TPSA) is 63.8 Å². The van der Waals surface area contributed by atoms with Crippen LogP contribution in [0.2, 0.25) is 0 Å². The van der Waals surface area contributed by atoms with Gasteiger partial charge in [0.05, 0.1) is 6.54 Å². The Labute approximate surface area is 110 Å². The maximum atomic E-state index is 4.92. The van der Waals surface area contributed by atoms with Crippen LogP contribution in [-0.2, 0) is 13.1 Å². The summed E-state index contributed by atoms with van der Waals surface area (Å²) >= 11 is 0. The molecule has 0 radical (unpaired) electrons. The van der Waals surface area contributed by atoms with Crippen molar-refractivity contribution in [3.8, 4) is 0 Å². The van der Waals surface area contributed by atoms with Crippen LogP contribution < -0.4 is 5.32 Å². The average molecular weight is 254 g/mol. The van der Waals surface area contributed by atoms with E-state index in [9.17, 15) is 0 Å². The minimum absolute atomic E-state index is 0.584. The third-order valence-electron chi connectivity index (χ3n) is 2.92. The molecule has 5 nitrogen and oxygen atoms in total. The SMILES string of the molecule is Cc1nc(CNCc2cncc3ccccc23)no1. The van der Waals surface area contributed by atoms with Gasteiger partial charge >= 0.3 is 0 Å². The van der Waals surface area contributed by atoms with Crippen molar-refractivity contribution in [3.05, 3.63) is 53.9 Å². The Kier molecular flexibility index (Phi) is 3.20. The molecule has 0 amide bonds. The van der Waals surface area contributed by atoms with Gasteiger partial charge in [0.15, 0.2) is 5.82 Å².